The first-order valence-electron chi connectivity index (χ1n) is 6.91. The zero-order valence-electron chi connectivity index (χ0n) is 11.1. The molecule has 0 aromatic heterocycles. The Balaban J connectivity index is 1.87. The lowest BCUT2D eigenvalue weighted by Gasteiger charge is -2.26. The van der Waals surface area contributed by atoms with Gasteiger partial charge in [-0.2, -0.15) is 0 Å². The third-order valence-electron chi connectivity index (χ3n) is 4.08. The van der Waals surface area contributed by atoms with Gasteiger partial charge in [0, 0.05) is 6.54 Å². The summed E-state index contributed by atoms with van der Waals surface area (Å²) in [6.45, 7) is 2.14. The first kappa shape index (κ1) is 14.0. The van der Waals surface area contributed by atoms with E-state index in [-0.39, 0.29) is 24.0 Å². The summed E-state index contributed by atoms with van der Waals surface area (Å²) in [5.41, 5.74) is 0.874. The molecule has 2 aliphatic heterocycles. The minimum Gasteiger partial charge on any atom is -0.379 e. The number of sulfone groups is 1. The number of rotatable bonds is 3. The lowest BCUT2D eigenvalue weighted by atomic mass is 9.92. The molecule has 0 saturated carbocycles. The van der Waals surface area contributed by atoms with Gasteiger partial charge in [-0.25, -0.2) is 12.8 Å². The molecule has 1 aromatic rings. The van der Waals surface area contributed by atoms with Gasteiger partial charge in [0.15, 0.2) is 9.84 Å². The molecule has 6 heteroatoms. The number of ether oxygens (including phenoxy) is 1. The van der Waals surface area contributed by atoms with E-state index in [1.807, 2.05) is 0 Å². The van der Waals surface area contributed by atoms with Crippen molar-refractivity contribution in [2.24, 2.45) is 0 Å². The largest absolute Gasteiger partial charge is 0.379 e. The summed E-state index contributed by atoms with van der Waals surface area (Å²) in [6, 6.07) is 4.53. The van der Waals surface area contributed by atoms with Gasteiger partial charge in [-0.1, -0.05) is 6.07 Å². The maximum atomic E-state index is 14.2. The monoisotopic (exact) mass is 299 g/mol. The van der Waals surface area contributed by atoms with Crippen molar-refractivity contribution in [1.29, 1.82) is 0 Å². The van der Waals surface area contributed by atoms with Gasteiger partial charge < -0.3 is 10.1 Å². The van der Waals surface area contributed by atoms with Crippen LogP contribution in [-0.2, 0) is 14.6 Å². The van der Waals surface area contributed by atoms with Crippen molar-refractivity contribution in [3.63, 3.8) is 0 Å². The molecular weight excluding hydrogens is 281 g/mol. The Morgan fingerprint density at radius 1 is 1.30 bits per heavy atom. The van der Waals surface area contributed by atoms with Crippen molar-refractivity contribution >= 4 is 9.84 Å². The Bertz CT molecular complexity index is 592. The average molecular weight is 299 g/mol. The normalized spacial score (nSPS) is 24.4. The van der Waals surface area contributed by atoms with Crippen molar-refractivity contribution in [3.05, 3.63) is 29.6 Å². The van der Waals surface area contributed by atoms with Gasteiger partial charge in [0.2, 0.25) is 0 Å². The van der Waals surface area contributed by atoms with Crippen LogP contribution in [0, 0.1) is 5.82 Å². The topological polar surface area (TPSA) is 55.4 Å². The molecule has 4 nitrogen and oxygen atoms in total. The molecule has 0 amide bonds. The highest BCUT2D eigenvalue weighted by atomic mass is 32.2. The van der Waals surface area contributed by atoms with Crippen LogP contribution in [0.3, 0.4) is 0 Å². The van der Waals surface area contributed by atoms with Gasteiger partial charge in [-0.3, -0.25) is 0 Å². The van der Waals surface area contributed by atoms with E-state index in [0.717, 1.165) is 31.5 Å². The van der Waals surface area contributed by atoms with Crippen LogP contribution in [0.2, 0.25) is 0 Å². The van der Waals surface area contributed by atoms with Gasteiger partial charge in [0.05, 0.1) is 13.2 Å². The van der Waals surface area contributed by atoms with Crippen LogP contribution in [0.25, 0.3) is 0 Å². The number of halogens is 1. The molecule has 0 spiro atoms. The van der Waals surface area contributed by atoms with Gasteiger partial charge >= 0.3 is 0 Å². The molecule has 0 bridgehead atoms. The fourth-order valence-corrected chi connectivity index (χ4v) is 4.21. The lowest BCUT2D eigenvalue weighted by Crippen LogP contribution is -2.41. The van der Waals surface area contributed by atoms with Crippen molar-refractivity contribution in [1.82, 2.24) is 5.32 Å². The second kappa shape index (κ2) is 5.42. The van der Waals surface area contributed by atoms with E-state index < -0.39 is 20.9 Å². The Morgan fingerprint density at radius 3 is 2.65 bits per heavy atom. The number of hydrogen-bond acceptors (Lipinski definition) is 4. The summed E-state index contributed by atoms with van der Waals surface area (Å²) < 4.78 is 43.5. The molecule has 1 atom stereocenters. The van der Waals surface area contributed by atoms with Crippen LogP contribution in [-0.4, -0.2) is 40.0 Å². The maximum Gasteiger partial charge on any atom is 0.188 e. The van der Waals surface area contributed by atoms with E-state index in [2.05, 4.69) is 5.32 Å². The summed E-state index contributed by atoms with van der Waals surface area (Å²) in [4.78, 5) is -0.196. The number of benzene rings is 1. The highest BCUT2D eigenvalue weighted by molar-refractivity contribution is 7.92. The van der Waals surface area contributed by atoms with E-state index in [1.54, 1.807) is 6.07 Å². The Kier molecular flexibility index (Phi) is 3.79. The molecule has 2 saturated heterocycles. The predicted molar refractivity (Wildman–Crippen MR) is 73.0 cm³/mol. The quantitative estimate of drug-likeness (QED) is 0.918. The standard InChI is InChI=1S/C14H18FNO3S/c15-13-6-10(11-2-1-5-16-7-11)3-4-14(13)20(17,18)12-8-19-9-12/h3-4,6,11-12,16H,1-2,5,7-9H2. The SMILES string of the molecule is O=S(=O)(c1ccc(C2CCCNC2)cc1F)C1COC1. The zero-order chi connectivity index (χ0) is 14.2. The van der Waals surface area contributed by atoms with Crippen LogP contribution in [0.5, 0.6) is 0 Å². The first-order chi connectivity index (χ1) is 9.59. The van der Waals surface area contributed by atoms with Crippen molar-refractivity contribution in [3.8, 4) is 0 Å². The van der Waals surface area contributed by atoms with Crippen LogP contribution >= 0.6 is 0 Å². The number of hydrogen-bond donors (Lipinski definition) is 1. The third-order valence-corrected chi connectivity index (χ3v) is 6.17. The number of piperidine rings is 1. The molecule has 0 radical (unpaired) electrons. The maximum absolute atomic E-state index is 14.2. The molecule has 2 aliphatic rings. The first-order valence-corrected chi connectivity index (χ1v) is 8.45. The highest BCUT2D eigenvalue weighted by Crippen LogP contribution is 2.29. The van der Waals surface area contributed by atoms with Crippen molar-refractivity contribution in [2.45, 2.75) is 28.9 Å². The minimum atomic E-state index is -3.60. The summed E-state index contributed by atoms with van der Waals surface area (Å²) >= 11 is 0. The molecular formula is C14H18FNO3S. The molecule has 110 valence electrons. The van der Waals surface area contributed by atoms with Crippen molar-refractivity contribution < 1.29 is 17.5 Å². The van der Waals surface area contributed by atoms with E-state index in [0.29, 0.717) is 0 Å². The second-order valence-corrected chi connectivity index (χ2v) is 7.63. The fraction of sp³-hybridized carbons (Fsp3) is 0.571. The van der Waals surface area contributed by atoms with E-state index >= 15 is 0 Å². The Morgan fingerprint density at radius 2 is 2.10 bits per heavy atom. The van der Waals surface area contributed by atoms with Gasteiger partial charge in [-0.05, 0) is 43.0 Å². The van der Waals surface area contributed by atoms with E-state index in [4.69, 9.17) is 4.74 Å². The molecule has 20 heavy (non-hydrogen) atoms. The zero-order valence-corrected chi connectivity index (χ0v) is 12.0. The summed E-state index contributed by atoms with van der Waals surface area (Å²) in [5, 5.41) is 2.68. The summed E-state index contributed by atoms with van der Waals surface area (Å²) in [7, 11) is -3.60. The highest BCUT2D eigenvalue weighted by Gasteiger charge is 2.35. The summed E-state index contributed by atoms with van der Waals surface area (Å²) in [5.74, 6) is -0.373. The Labute approximate surface area is 118 Å². The third kappa shape index (κ3) is 2.47. The van der Waals surface area contributed by atoms with Crippen LogP contribution in [0.1, 0.15) is 24.3 Å². The molecule has 1 aromatic carbocycles. The molecule has 2 fully saturated rings. The summed E-state index contributed by atoms with van der Waals surface area (Å²) in [6.07, 6.45) is 2.07. The molecule has 2 heterocycles. The number of nitrogens with one attached hydrogen (secondary N) is 1. The smallest absolute Gasteiger partial charge is 0.188 e. The second-order valence-electron chi connectivity index (χ2n) is 5.44. The molecule has 3 rings (SSSR count). The lowest BCUT2D eigenvalue weighted by molar-refractivity contribution is 0.0415. The minimum absolute atomic E-state index is 0.163. The predicted octanol–water partition coefficient (Wildman–Crippen LogP) is 1.47. The van der Waals surface area contributed by atoms with E-state index in [9.17, 15) is 12.8 Å². The van der Waals surface area contributed by atoms with Crippen LogP contribution in [0.4, 0.5) is 4.39 Å². The van der Waals surface area contributed by atoms with Gasteiger partial charge in [0.25, 0.3) is 0 Å². The van der Waals surface area contributed by atoms with E-state index in [1.165, 1.54) is 12.1 Å². The molecule has 0 aliphatic carbocycles. The fourth-order valence-electron chi connectivity index (χ4n) is 2.71. The van der Waals surface area contributed by atoms with Gasteiger partial charge in [0.1, 0.15) is 16.0 Å². The van der Waals surface area contributed by atoms with Crippen molar-refractivity contribution in [2.75, 3.05) is 26.3 Å². The molecule has 1 unspecified atom stereocenters. The van der Waals surface area contributed by atoms with Gasteiger partial charge in [-0.15, -0.1) is 0 Å². The van der Waals surface area contributed by atoms with Crippen LogP contribution < -0.4 is 5.32 Å². The van der Waals surface area contributed by atoms with Crippen LogP contribution in [0.15, 0.2) is 23.1 Å². The molecule has 1 N–H and O–H groups in total. The Hall–Kier alpha value is -0.980. The average Bonchev–Trinajstić information content (AvgIpc) is 2.36.